The number of anilines is 2. The normalized spacial score (nSPS) is 16.2. The molecule has 0 saturated carbocycles. The Kier molecular flexibility index (Phi) is 3.88. The summed E-state index contributed by atoms with van der Waals surface area (Å²) in [6, 6.07) is 21.0. The summed E-state index contributed by atoms with van der Waals surface area (Å²) >= 11 is 0. The topological polar surface area (TPSA) is 52.6 Å². The quantitative estimate of drug-likeness (QED) is 0.703. The second-order valence-corrected chi connectivity index (χ2v) is 6.61. The number of fused-ring (bicyclic) bond motifs is 1. The van der Waals surface area contributed by atoms with Crippen LogP contribution in [-0.4, -0.2) is 11.0 Å². The molecule has 0 bridgehead atoms. The maximum Gasteiger partial charge on any atom is 0.262 e. The Morgan fingerprint density at radius 3 is 2.23 bits per heavy atom. The van der Waals surface area contributed by atoms with Crippen LogP contribution in [0, 0.1) is 13.8 Å². The van der Waals surface area contributed by atoms with Crippen molar-refractivity contribution >= 4 is 17.3 Å². The number of carbonyl (C=O) groups is 1. The maximum atomic E-state index is 13.3. The smallest absolute Gasteiger partial charge is 0.262 e. The number of aryl methyl sites for hydroxylation is 2. The van der Waals surface area contributed by atoms with Crippen molar-refractivity contribution in [2.24, 2.45) is 0 Å². The minimum atomic E-state index is -0.349. The van der Waals surface area contributed by atoms with Gasteiger partial charge in [-0.3, -0.25) is 9.69 Å². The van der Waals surface area contributed by atoms with Crippen LogP contribution in [0.2, 0.25) is 0 Å². The number of amides is 1. The average Bonchev–Trinajstić information content (AvgIpc) is 2.66. The monoisotopic (exact) mass is 344 g/mol. The van der Waals surface area contributed by atoms with Gasteiger partial charge < -0.3 is 10.4 Å². The van der Waals surface area contributed by atoms with E-state index in [1.54, 1.807) is 4.90 Å². The Morgan fingerprint density at radius 2 is 1.54 bits per heavy atom. The highest BCUT2D eigenvalue weighted by molar-refractivity contribution is 6.12. The third-order valence-corrected chi connectivity index (χ3v) is 4.79. The van der Waals surface area contributed by atoms with Gasteiger partial charge in [-0.15, -0.1) is 0 Å². The van der Waals surface area contributed by atoms with Gasteiger partial charge in [-0.25, -0.2) is 0 Å². The van der Waals surface area contributed by atoms with E-state index >= 15 is 0 Å². The van der Waals surface area contributed by atoms with Crippen LogP contribution < -0.4 is 10.2 Å². The summed E-state index contributed by atoms with van der Waals surface area (Å²) in [7, 11) is 0. The van der Waals surface area contributed by atoms with E-state index in [4.69, 9.17) is 0 Å². The van der Waals surface area contributed by atoms with Crippen LogP contribution in [-0.2, 0) is 0 Å². The first kappa shape index (κ1) is 16.2. The molecule has 4 nitrogen and oxygen atoms in total. The third kappa shape index (κ3) is 2.60. The first-order valence-corrected chi connectivity index (χ1v) is 8.60. The predicted molar refractivity (Wildman–Crippen MR) is 104 cm³/mol. The molecule has 0 saturated heterocycles. The molecule has 2 N–H and O–H groups in total. The van der Waals surface area contributed by atoms with E-state index in [1.807, 2.05) is 80.6 Å². The number of para-hydroxylation sites is 2. The van der Waals surface area contributed by atoms with Crippen molar-refractivity contribution in [2.45, 2.75) is 20.0 Å². The number of aromatic hydroxyl groups is 1. The van der Waals surface area contributed by atoms with Crippen molar-refractivity contribution < 1.29 is 9.90 Å². The van der Waals surface area contributed by atoms with E-state index in [2.05, 4.69) is 5.32 Å². The maximum absolute atomic E-state index is 13.3. The Morgan fingerprint density at radius 1 is 0.923 bits per heavy atom. The van der Waals surface area contributed by atoms with Crippen LogP contribution in [0.3, 0.4) is 0 Å². The molecule has 4 rings (SSSR count). The van der Waals surface area contributed by atoms with Gasteiger partial charge in [-0.1, -0.05) is 30.3 Å². The number of nitrogens with one attached hydrogen (secondary N) is 1. The fourth-order valence-corrected chi connectivity index (χ4v) is 3.49. The average molecular weight is 344 g/mol. The van der Waals surface area contributed by atoms with Gasteiger partial charge in [-0.2, -0.15) is 0 Å². The van der Waals surface area contributed by atoms with Crippen molar-refractivity contribution in [2.75, 3.05) is 10.2 Å². The Hall–Kier alpha value is -3.27. The number of rotatable bonds is 2. The van der Waals surface area contributed by atoms with Gasteiger partial charge in [0.25, 0.3) is 5.91 Å². The highest BCUT2D eigenvalue weighted by Gasteiger charge is 2.34. The van der Waals surface area contributed by atoms with Crippen molar-refractivity contribution in [3.8, 4) is 5.75 Å². The van der Waals surface area contributed by atoms with Gasteiger partial charge in [0, 0.05) is 11.4 Å². The molecular weight excluding hydrogens is 324 g/mol. The van der Waals surface area contributed by atoms with Crippen LogP contribution >= 0.6 is 0 Å². The van der Waals surface area contributed by atoms with E-state index in [0.29, 0.717) is 11.3 Å². The lowest BCUT2D eigenvalue weighted by Gasteiger charge is -2.38. The third-order valence-electron chi connectivity index (χ3n) is 4.79. The first-order valence-electron chi connectivity index (χ1n) is 8.60. The van der Waals surface area contributed by atoms with Crippen LogP contribution in [0.4, 0.5) is 11.4 Å². The van der Waals surface area contributed by atoms with E-state index in [0.717, 1.165) is 28.1 Å². The molecule has 1 aliphatic heterocycles. The predicted octanol–water partition coefficient (Wildman–Crippen LogP) is 4.78. The largest absolute Gasteiger partial charge is 0.507 e. The fraction of sp³-hybridized carbons (Fsp3) is 0.136. The zero-order chi connectivity index (χ0) is 18.3. The summed E-state index contributed by atoms with van der Waals surface area (Å²) in [4.78, 5) is 15.0. The second kappa shape index (κ2) is 6.23. The van der Waals surface area contributed by atoms with Gasteiger partial charge >= 0.3 is 0 Å². The molecule has 0 spiro atoms. The van der Waals surface area contributed by atoms with Crippen molar-refractivity contribution in [1.82, 2.24) is 0 Å². The summed E-state index contributed by atoms with van der Waals surface area (Å²) in [5, 5.41) is 13.6. The SMILES string of the molecule is Cc1cc([C@H]2Nc3ccccc3C(=O)N2c2ccccc2)cc(C)c1O. The van der Waals surface area contributed by atoms with Crippen LogP contribution in [0.25, 0.3) is 0 Å². The van der Waals surface area contributed by atoms with Crippen molar-refractivity contribution in [3.05, 3.63) is 89.0 Å². The molecule has 0 radical (unpaired) electrons. The van der Waals surface area contributed by atoms with Crippen LogP contribution in [0.15, 0.2) is 66.7 Å². The van der Waals surface area contributed by atoms with Crippen molar-refractivity contribution in [3.63, 3.8) is 0 Å². The van der Waals surface area contributed by atoms with Crippen LogP contribution in [0.1, 0.15) is 33.2 Å². The second-order valence-electron chi connectivity index (χ2n) is 6.61. The molecule has 1 heterocycles. The Bertz CT molecular complexity index is 959. The summed E-state index contributed by atoms with van der Waals surface area (Å²) in [6.07, 6.45) is -0.349. The molecule has 3 aromatic rings. The standard InChI is InChI=1S/C22H20N2O2/c1-14-12-16(13-15(2)20(14)25)21-23-19-11-7-6-10-18(19)22(26)24(21)17-8-4-3-5-9-17/h3-13,21,23,25H,1-2H3/t21-/m0/s1. The van der Waals surface area contributed by atoms with Crippen molar-refractivity contribution in [1.29, 1.82) is 0 Å². The molecular formula is C22H20N2O2. The first-order chi connectivity index (χ1) is 12.6. The molecule has 1 amide bonds. The zero-order valence-corrected chi connectivity index (χ0v) is 14.7. The minimum absolute atomic E-state index is 0.0427. The molecule has 1 atom stereocenters. The zero-order valence-electron chi connectivity index (χ0n) is 14.7. The lowest BCUT2D eigenvalue weighted by molar-refractivity contribution is 0.0975. The van der Waals surface area contributed by atoms with Gasteiger partial charge in [0.1, 0.15) is 11.9 Å². The molecule has 26 heavy (non-hydrogen) atoms. The number of hydrogen-bond acceptors (Lipinski definition) is 3. The van der Waals surface area contributed by atoms with Gasteiger partial charge in [0.2, 0.25) is 0 Å². The van der Waals surface area contributed by atoms with E-state index in [1.165, 1.54) is 0 Å². The molecule has 1 aliphatic rings. The molecule has 0 aliphatic carbocycles. The summed E-state index contributed by atoms with van der Waals surface area (Å²) in [5.74, 6) is 0.251. The lowest BCUT2D eigenvalue weighted by atomic mass is 9.99. The van der Waals surface area contributed by atoms with Gasteiger partial charge in [0.05, 0.1) is 5.56 Å². The number of benzene rings is 3. The minimum Gasteiger partial charge on any atom is -0.507 e. The highest BCUT2D eigenvalue weighted by Crippen LogP contribution is 2.38. The summed E-state index contributed by atoms with van der Waals surface area (Å²) in [5.41, 5.74) is 4.82. The van der Waals surface area contributed by atoms with Gasteiger partial charge in [-0.05, 0) is 66.9 Å². The molecule has 0 aromatic heterocycles. The molecule has 0 unspecified atom stereocenters. The van der Waals surface area contributed by atoms with Gasteiger partial charge in [0.15, 0.2) is 0 Å². The number of carbonyl (C=O) groups excluding carboxylic acids is 1. The van der Waals surface area contributed by atoms with E-state index < -0.39 is 0 Å². The molecule has 4 heteroatoms. The van der Waals surface area contributed by atoms with Crippen LogP contribution in [0.5, 0.6) is 5.75 Å². The summed E-state index contributed by atoms with van der Waals surface area (Å²) in [6.45, 7) is 3.74. The Labute approximate surface area is 152 Å². The fourth-order valence-electron chi connectivity index (χ4n) is 3.49. The molecule has 0 fully saturated rings. The summed E-state index contributed by atoms with van der Waals surface area (Å²) < 4.78 is 0. The number of hydrogen-bond donors (Lipinski definition) is 2. The Balaban J connectivity index is 1.89. The lowest BCUT2D eigenvalue weighted by Crippen LogP contribution is -2.43. The van der Waals surface area contributed by atoms with E-state index in [-0.39, 0.29) is 12.1 Å². The highest BCUT2D eigenvalue weighted by atomic mass is 16.3. The number of nitrogens with zero attached hydrogens (tertiary/aromatic N) is 1. The van der Waals surface area contributed by atoms with E-state index in [9.17, 15) is 9.90 Å². The number of phenolic OH excluding ortho intramolecular Hbond substituents is 1. The number of phenols is 1. The molecule has 130 valence electrons. The molecule has 3 aromatic carbocycles.